The van der Waals surface area contributed by atoms with Crippen molar-refractivity contribution in [2.75, 3.05) is 10.0 Å². The number of nitrogens with one attached hydrogen (secondary N) is 2. The zero-order chi connectivity index (χ0) is 22.6. The molecule has 1 heterocycles. The number of nitrogens with zero attached hydrogens (tertiary/aromatic N) is 2. The molecule has 0 bridgehead atoms. The van der Waals surface area contributed by atoms with E-state index in [1.807, 2.05) is 54.6 Å². The highest BCUT2D eigenvalue weighted by Gasteiger charge is 2.16. The van der Waals surface area contributed by atoms with Gasteiger partial charge in [0.15, 0.2) is 11.6 Å². The molecule has 4 aromatic rings. The first-order valence-corrected chi connectivity index (χ1v) is 12.2. The summed E-state index contributed by atoms with van der Waals surface area (Å²) in [5.41, 5.74) is 2.92. The van der Waals surface area contributed by atoms with Crippen LogP contribution >= 0.6 is 0 Å². The number of para-hydroxylation sites is 2. The highest BCUT2D eigenvalue weighted by atomic mass is 32.8. The van der Waals surface area contributed by atoms with Crippen molar-refractivity contribution in [2.45, 2.75) is 4.90 Å². The quantitative estimate of drug-likeness (QED) is 0.246. The standard InChI is InChI=1S/C24H20N4O2S2/c1-17(29)14-15-18-8-7-9-19(16-18)25-23-24(27-22-13-6-5-12-21(22)26-23)28-32(30,31)20-10-3-2-4-11-20/h2-16,29H,1H2,(H,25,26)(H,27,28)/b15-14+. The summed E-state index contributed by atoms with van der Waals surface area (Å²) >= 11 is 5.40. The molecule has 0 aliphatic heterocycles. The molecule has 0 spiro atoms. The number of benzene rings is 3. The summed E-state index contributed by atoms with van der Waals surface area (Å²) in [5, 5.41) is 12.5. The molecular weight excluding hydrogens is 440 g/mol. The average Bonchev–Trinajstić information content (AvgIpc) is 2.79. The van der Waals surface area contributed by atoms with Crippen molar-refractivity contribution < 1.29 is 9.32 Å². The summed E-state index contributed by atoms with van der Waals surface area (Å²) in [4.78, 5) is 9.79. The summed E-state index contributed by atoms with van der Waals surface area (Å²) in [6.07, 6.45) is 3.25. The molecular formula is C24H20N4O2S2. The van der Waals surface area contributed by atoms with Crippen molar-refractivity contribution in [1.29, 1.82) is 0 Å². The van der Waals surface area contributed by atoms with E-state index in [2.05, 4.69) is 26.6 Å². The normalized spacial score (nSPS) is 13.0. The Balaban J connectivity index is 1.74. The Kier molecular flexibility index (Phi) is 6.16. The maximum Gasteiger partial charge on any atom is 0.182 e. The fraction of sp³-hybridized carbons (Fsp3) is 0. The number of hydrogen-bond acceptors (Lipinski definition) is 6. The van der Waals surface area contributed by atoms with Crippen LogP contribution in [0.15, 0.2) is 102 Å². The number of fused-ring (bicyclic) bond motifs is 1. The van der Waals surface area contributed by atoms with Gasteiger partial charge in [-0.2, -0.15) is 0 Å². The van der Waals surface area contributed by atoms with Gasteiger partial charge in [0.25, 0.3) is 0 Å². The third-order valence-electron chi connectivity index (χ3n) is 4.47. The molecule has 1 unspecified atom stereocenters. The smallest absolute Gasteiger partial charge is 0.182 e. The second-order valence-corrected chi connectivity index (χ2v) is 9.99. The summed E-state index contributed by atoms with van der Waals surface area (Å²) in [6, 6.07) is 23.8. The van der Waals surface area contributed by atoms with E-state index in [9.17, 15) is 9.32 Å². The van der Waals surface area contributed by atoms with Gasteiger partial charge in [-0.25, -0.2) is 14.2 Å². The van der Waals surface area contributed by atoms with Gasteiger partial charge in [-0.05, 0) is 48.0 Å². The maximum atomic E-state index is 13.3. The molecule has 0 fully saturated rings. The largest absolute Gasteiger partial charge is 0.509 e. The highest BCUT2D eigenvalue weighted by molar-refractivity contribution is 8.33. The third-order valence-corrected chi connectivity index (χ3v) is 6.65. The van der Waals surface area contributed by atoms with Crippen LogP contribution in [0.5, 0.6) is 0 Å². The number of rotatable bonds is 7. The van der Waals surface area contributed by atoms with Gasteiger partial charge in [0.05, 0.1) is 15.9 Å². The van der Waals surface area contributed by atoms with E-state index < -0.39 is 8.68 Å². The van der Waals surface area contributed by atoms with E-state index in [1.165, 1.54) is 6.08 Å². The fourth-order valence-electron chi connectivity index (χ4n) is 2.99. The van der Waals surface area contributed by atoms with Gasteiger partial charge in [-0.1, -0.05) is 55.1 Å². The van der Waals surface area contributed by atoms with Crippen molar-refractivity contribution in [3.63, 3.8) is 0 Å². The molecule has 0 radical (unpaired) electrons. The number of aliphatic hydroxyl groups excluding tert-OH is 1. The van der Waals surface area contributed by atoms with E-state index in [-0.39, 0.29) is 11.6 Å². The van der Waals surface area contributed by atoms with Crippen LogP contribution in [0.3, 0.4) is 0 Å². The van der Waals surface area contributed by atoms with Crippen LogP contribution in [0.2, 0.25) is 0 Å². The van der Waals surface area contributed by atoms with Crippen LogP contribution in [0.4, 0.5) is 17.3 Å². The highest BCUT2D eigenvalue weighted by Crippen LogP contribution is 2.27. The number of anilines is 3. The van der Waals surface area contributed by atoms with Crippen LogP contribution < -0.4 is 10.0 Å². The van der Waals surface area contributed by atoms with Gasteiger partial charge >= 0.3 is 0 Å². The van der Waals surface area contributed by atoms with E-state index in [0.717, 1.165) is 11.3 Å². The van der Waals surface area contributed by atoms with Crippen molar-refractivity contribution in [3.05, 3.63) is 103 Å². The molecule has 1 atom stereocenters. The summed E-state index contributed by atoms with van der Waals surface area (Å²) in [6.45, 7) is 3.45. The number of allylic oxidation sites excluding steroid dienone is 1. The number of aromatic nitrogens is 2. The van der Waals surface area contributed by atoms with Crippen LogP contribution in [0.1, 0.15) is 5.56 Å². The van der Waals surface area contributed by atoms with Gasteiger partial charge in [-0.3, -0.25) is 4.72 Å². The van der Waals surface area contributed by atoms with Gasteiger partial charge in [-0.15, -0.1) is 0 Å². The Labute approximate surface area is 191 Å². The molecule has 160 valence electrons. The minimum Gasteiger partial charge on any atom is -0.509 e. The molecule has 6 nitrogen and oxygen atoms in total. The molecule has 8 heteroatoms. The molecule has 3 N–H and O–H groups in total. The Bertz CT molecular complexity index is 1420. The first kappa shape index (κ1) is 21.5. The lowest BCUT2D eigenvalue weighted by Gasteiger charge is -2.15. The summed E-state index contributed by atoms with van der Waals surface area (Å²) in [7, 11) is -3.03. The van der Waals surface area contributed by atoms with Crippen LogP contribution in [0.25, 0.3) is 17.1 Å². The Morgan fingerprint density at radius 3 is 2.28 bits per heavy atom. The predicted octanol–water partition coefficient (Wildman–Crippen LogP) is 5.59. The SMILES string of the molecule is C=C(O)/C=C/c1cccc(Nc2nc3ccccc3nc2NS(=O)(=S)c2ccccc2)c1. The molecule has 0 amide bonds. The van der Waals surface area contributed by atoms with E-state index in [1.54, 1.807) is 30.3 Å². The number of aliphatic hydroxyl groups is 1. The molecule has 0 aliphatic rings. The van der Waals surface area contributed by atoms with Gasteiger partial charge in [0.1, 0.15) is 14.4 Å². The molecule has 4 rings (SSSR count). The fourth-order valence-corrected chi connectivity index (χ4v) is 4.59. The van der Waals surface area contributed by atoms with Gasteiger partial charge < -0.3 is 10.4 Å². The van der Waals surface area contributed by atoms with E-state index >= 15 is 0 Å². The van der Waals surface area contributed by atoms with Crippen LogP contribution in [0, 0.1) is 0 Å². The monoisotopic (exact) mass is 460 g/mol. The lowest BCUT2D eigenvalue weighted by molar-refractivity contribution is 0.436. The first-order chi connectivity index (χ1) is 15.4. The Hall–Kier alpha value is -3.75. The summed E-state index contributed by atoms with van der Waals surface area (Å²) in [5.74, 6) is 0.651. The second-order valence-electron chi connectivity index (χ2n) is 6.90. The third kappa shape index (κ3) is 5.11. The van der Waals surface area contributed by atoms with Crippen LogP contribution in [-0.4, -0.2) is 19.3 Å². The number of hydrogen-bond donors (Lipinski definition) is 3. The molecule has 0 aliphatic carbocycles. The van der Waals surface area contributed by atoms with Crippen molar-refractivity contribution in [1.82, 2.24) is 9.97 Å². The predicted molar refractivity (Wildman–Crippen MR) is 134 cm³/mol. The summed E-state index contributed by atoms with van der Waals surface area (Å²) < 4.78 is 16.2. The zero-order valence-corrected chi connectivity index (χ0v) is 18.6. The topological polar surface area (TPSA) is 87.1 Å². The average molecular weight is 461 g/mol. The zero-order valence-electron chi connectivity index (χ0n) is 16.9. The Morgan fingerprint density at radius 1 is 0.938 bits per heavy atom. The van der Waals surface area contributed by atoms with Crippen LogP contribution in [-0.2, 0) is 19.9 Å². The van der Waals surface area contributed by atoms with E-state index in [0.29, 0.717) is 21.7 Å². The molecule has 1 aromatic heterocycles. The van der Waals surface area contributed by atoms with E-state index in [4.69, 9.17) is 11.2 Å². The van der Waals surface area contributed by atoms with Gasteiger partial charge in [0.2, 0.25) is 0 Å². The lowest BCUT2D eigenvalue weighted by Crippen LogP contribution is -2.14. The molecule has 0 saturated carbocycles. The minimum atomic E-state index is -3.03. The Morgan fingerprint density at radius 2 is 1.59 bits per heavy atom. The second kappa shape index (κ2) is 9.17. The lowest BCUT2D eigenvalue weighted by atomic mass is 10.2. The van der Waals surface area contributed by atoms with Crippen molar-refractivity contribution >= 4 is 54.3 Å². The van der Waals surface area contributed by atoms with Gasteiger partial charge in [0, 0.05) is 16.9 Å². The molecule has 0 saturated heterocycles. The molecule has 32 heavy (non-hydrogen) atoms. The minimum absolute atomic E-state index is 0.0311. The molecule has 3 aromatic carbocycles. The van der Waals surface area contributed by atoms with Crippen molar-refractivity contribution in [3.8, 4) is 0 Å². The van der Waals surface area contributed by atoms with Crippen molar-refractivity contribution in [2.24, 2.45) is 0 Å². The first-order valence-electron chi connectivity index (χ1n) is 9.68. The maximum absolute atomic E-state index is 13.3.